The second kappa shape index (κ2) is 6.70. The molecular weight excluding hydrogens is 283 g/mol. The summed E-state index contributed by atoms with van der Waals surface area (Å²) in [5.41, 5.74) is 3.81. The fourth-order valence-electron chi connectivity index (χ4n) is 2.35. The Morgan fingerprint density at radius 2 is 1.95 bits per heavy atom. The van der Waals surface area contributed by atoms with Crippen LogP contribution in [0.5, 0.6) is 0 Å². The number of hydrogen-bond acceptors (Lipinski definition) is 3. The topological polar surface area (TPSA) is 50.2 Å². The molecule has 0 unspecified atom stereocenters. The summed E-state index contributed by atoms with van der Waals surface area (Å²) in [6, 6.07) is 5.73. The number of aromatic nitrogens is 2. The van der Waals surface area contributed by atoms with Crippen LogP contribution in [0.25, 0.3) is 0 Å². The SMILES string of the molecule is Cc1nn(C)c(C)c1CN(C)CC(=O)Nc1ccc(F)cc1. The zero-order chi connectivity index (χ0) is 16.3. The lowest BCUT2D eigenvalue weighted by Crippen LogP contribution is -2.30. The number of likely N-dealkylation sites (N-methyl/N-ethyl adjacent to an activating group) is 1. The van der Waals surface area contributed by atoms with Gasteiger partial charge in [0.2, 0.25) is 5.91 Å². The van der Waals surface area contributed by atoms with Gasteiger partial charge in [0, 0.05) is 30.5 Å². The van der Waals surface area contributed by atoms with Crippen molar-refractivity contribution < 1.29 is 9.18 Å². The number of carbonyl (C=O) groups excluding carboxylic acids is 1. The molecule has 0 aliphatic carbocycles. The molecule has 0 saturated carbocycles. The van der Waals surface area contributed by atoms with Crippen molar-refractivity contribution in [2.24, 2.45) is 7.05 Å². The van der Waals surface area contributed by atoms with Gasteiger partial charge < -0.3 is 5.32 Å². The molecule has 0 saturated heterocycles. The molecule has 2 rings (SSSR count). The zero-order valence-corrected chi connectivity index (χ0v) is 13.4. The molecule has 118 valence electrons. The number of amides is 1. The molecule has 0 spiro atoms. The third-order valence-corrected chi connectivity index (χ3v) is 3.63. The fourth-order valence-corrected chi connectivity index (χ4v) is 2.35. The Morgan fingerprint density at radius 1 is 1.32 bits per heavy atom. The smallest absolute Gasteiger partial charge is 0.238 e. The molecule has 1 N–H and O–H groups in total. The first-order valence-electron chi connectivity index (χ1n) is 7.10. The molecule has 0 aliphatic rings. The van der Waals surface area contributed by atoms with Crippen molar-refractivity contribution in [1.29, 1.82) is 0 Å². The lowest BCUT2D eigenvalue weighted by atomic mass is 10.2. The number of rotatable bonds is 5. The van der Waals surface area contributed by atoms with Gasteiger partial charge in [0.15, 0.2) is 0 Å². The van der Waals surface area contributed by atoms with Crippen molar-refractivity contribution in [3.05, 3.63) is 47.0 Å². The van der Waals surface area contributed by atoms with Crippen molar-refractivity contribution in [2.75, 3.05) is 18.9 Å². The highest BCUT2D eigenvalue weighted by atomic mass is 19.1. The second-order valence-corrected chi connectivity index (χ2v) is 5.50. The van der Waals surface area contributed by atoms with Crippen LogP contribution < -0.4 is 5.32 Å². The molecular formula is C16H21FN4O. The third kappa shape index (κ3) is 3.92. The van der Waals surface area contributed by atoms with Crippen LogP contribution in [0.1, 0.15) is 17.0 Å². The highest BCUT2D eigenvalue weighted by Gasteiger charge is 2.13. The Balaban J connectivity index is 1.92. The number of anilines is 1. The molecule has 1 aromatic heterocycles. The summed E-state index contributed by atoms with van der Waals surface area (Å²) in [4.78, 5) is 13.9. The number of hydrogen-bond donors (Lipinski definition) is 1. The van der Waals surface area contributed by atoms with E-state index >= 15 is 0 Å². The van der Waals surface area contributed by atoms with E-state index in [0.29, 0.717) is 12.2 Å². The van der Waals surface area contributed by atoms with Crippen molar-refractivity contribution in [3.63, 3.8) is 0 Å². The Morgan fingerprint density at radius 3 is 2.50 bits per heavy atom. The molecule has 0 radical (unpaired) electrons. The van der Waals surface area contributed by atoms with Crippen LogP contribution in [0.2, 0.25) is 0 Å². The molecule has 1 heterocycles. The van der Waals surface area contributed by atoms with Crippen LogP contribution in [-0.2, 0) is 18.4 Å². The summed E-state index contributed by atoms with van der Waals surface area (Å²) in [7, 11) is 3.79. The molecule has 2 aromatic rings. The van der Waals surface area contributed by atoms with Crippen LogP contribution in [0, 0.1) is 19.7 Å². The molecule has 22 heavy (non-hydrogen) atoms. The van der Waals surface area contributed by atoms with E-state index in [1.54, 1.807) is 12.1 Å². The molecule has 0 bridgehead atoms. The van der Waals surface area contributed by atoms with Crippen molar-refractivity contribution in [3.8, 4) is 0 Å². The van der Waals surface area contributed by atoms with Gasteiger partial charge in [0.05, 0.1) is 12.2 Å². The first-order chi connectivity index (χ1) is 10.4. The molecule has 0 aliphatic heterocycles. The van der Waals surface area contributed by atoms with Crippen LogP contribution in [-0.4, -0.2) is 34.2 Å². The van der Waals surface area contributed by atoms with E-state index in [-0.39, 0.29) is 18.3 Å². The maximum Gasteiger partial charge on any atom is 0.238 e. The van der Waals surface area contributed by atoms with Gasteiger partial charge in [-0.1, -0.05) is 0 Å². The normalized spacial score (nSPS) is 11.0. The summed E-state index contributed by atoms with van der Waals surface area (Å²) in [6.07, 6.45) is 0. The quantitative estimate of drug-likeness (QED) is 0.921. The zero-order valence-electron chi connectivity index (χ0n) is 13.4. The summed E-state index contributed by atoms with van der Waals surface area (Å²) in [5, 5.41) is 7.12. The molecule has 0 atom stereocenters. The van der Waals surface area contributed by atoms with Gasteiger partial charge in [-0.3, -0.25) is 14.4 Å². The minimum absolute atomic E-state index is 0.131. The van der Waals surface area contributed by atoms with Crippen molar-refractivity contribution >= 4 is 11.6 Å². The van der Waals surface area contributed by atoms with Gasteiger partial charge in [-0.2, -0.15) is 5.10 Å². The van der Waals surface area contributed by atoms with Gasteiger partial charge in [0.25, 0.3) is 0 Å². The highest BCUT2D eigenvalue weighted by molar-refractivity contribution is 5.92. The van der Waals surface area contributed by atoms with E-state index in [2.05, 4.69) is 10.4 Å². The van der Waals surface area contributed by atoms with Crippen molar-refractivity contribution in [1.82, 2.24) is 14.7 Å². The fraction of sp³-hybridized carbons (Fsp3) is 0.375. The molecule has 1 amide bonds. The lowest BCUT2D eigenvalue weighted by molar-refractivity contribution is -0.117. The average Bonchev–Trinajstić information content (AvgIpc) is 2.68. The average molecular weight is 304 g/mol. The minimum atomic E-state index is -0.322. The number of benzene rings is 1. The molecule has 5 nitrogen and oxygen atoms in total. The van der Waals surface area contributed by atoms with E-state index in [1.807, 2.05) is 37.5 Å². The Bertz CT molecular complexity index is 664. The van der Waals surface area contributed by atoms with Gasteiger partial charge in [-0.15, -0.1) is 0 Å². The summed E-state index contributed by atoms with van der Waals surface area (Å²) in [5.74, 6) is -0.453. The number of carbonyl (C=O) groups is 1. The van der Waals surface area contributed by atoms with Crippen LogP contribution in [0.4, 0.5) is 10.1 Å². The monoisotopic (exact) mass is 304 g/mol. The molecule has 6 heteroatoms. The number of aryl methyl sites for hydroxylation is 2. The first-order valence-corrected chi connectivity index (χ1v) is 7.10. The van der Waals surface area contributed by atoms with Gasteiger partial charge in [0.1, 0.15) is 5.82 Å². The van der Waals surface area contributed by atoms with Gasteiger partial charge >= 0.3 is 0 Å². The first kappa shape index (κ1) is 16.2. The van der Waals surface area contributed by atoms with Crippen LogP contribution in [0.3, 0.4) is 0 Å². The maximum absolute atomic E-state index is 12.8. The minimum Gasteiger partial charge on any atom is -0.325 e. The van der Waals surface area contributed by atoms with E-state index in [4.69, 9.17) is 0 Å². The Labute approximate surface area is 129 Å². The van der Waals surface area contributed by atoms with Crippen molar-refractivity contribution in [2.45, 2.75) is 20.4 Å². The van der Waals surface area contributed by atoms with E-state index in [1.165, 1.54) is 12.1 Å². The standard InChI is InChI=1S/C16H21FN4O/c1-11-15(12(2)21(4)19-11)9-20(3)10-16(22)18-14-7-5-13(17)6-8-14/h5-8H,9-10H2,1-4H3,(H,18,22). The van der Waals surface area contributed by atoms with Gasteiger partial charge in [-0.25, -0.2) is 4.39 Å². The third-order valence-electron chi connectivity index (χ3n) is 3.63. The second-order valence-electron chi connectivity index (χ2n) is 5.50. The van der Waals surface area contributed by atoms with Crippen LogP contribution in [0.15, 0.2) is 24.3 Å². The predicted octanol–water partition coefficient (Wildman–Crippen LogP) is 2.25. The summed E-state index contributed by atoms with van der Waals surface area (Å²) >= 11 is 0. The van der Waals surface area contributed by atoms with Gasteiger partial charge in [-0.05, 0) is 45.2 Å². The molecule has 0 fully saturated rings. The largest absolute Gasteiger partial charge is 0.325 e. The summed E-state index contributed by atoms with van der Waals surface area (Å²) < 4.78 is 14.7. The number of nitrogens with zero attached hydrogens (tertiary/aromatic N) is 3. The number of nitrogens with one attached hydrogen (secondary N) is 1. The van der Waals surface area contributed by atoms with E-state index in [9.17, 15) is 9.18 Å². The number of halogens is 1. The lowest BCUT2D eigenvalue weighted by Gasteiger charge is -2.16. The summed E-state index contributed by atoms with van der Waals surface area (Å²) in [6.45, 7) is 4.89. The Hall–Kier alpha value is -2.21. The van der Waals surface area contributed by atoms with Crippen LogP contribution >= 0.6 is 0 Å². The maximum atomic E-state index is 12.8. The Kier molecular flexibility index (Phi) is 4.92. The molecule has 1 aromatic carbocycles. The predicted molar refractivity (Wildman–Crippen MR) is 84.0 cm³/mol. The van der Waals surface area contributed by atoms with E-state index < -0.39 is 0 Å². The van der Waals surface area contributed by atoms with E-state index in [0.717, 1.165) is 17.0 Å². The highest BCUT2D eigenvalue weighted by Crippen LogP contribution is 2.14.